The molecule has 3 amide bonds. The smallest absolute Gasteiger partial charge is 0.326 e. The first kappa shape index (κ1) is 24.7. The summed E-state index contributed by atoms with van der Waals surface area (Å²) in [6.07, 6.45) is 6.42. The average molecular weight is 463 g/mol. The van der Waals surface area contributed by atoms with E-state index in [1.165, 1.54) is 11.2 Å². The van der Waals surface area contributed by atoms with Crippen LogP contribution in [0.1, 0.15) is 51.6 Å². The van der Waals surface area contributed by atoms with Crippen LogP contribution in [-0.4, -0.2) is 80.9 Å². The van der Waals surface area contributed by atoms with E-state index in [0.29, 0.717) is 37.9 Å². The van der Waals surface area contributed by atoms with Gasteiger partial charge in [-0.15, -0.1) is 0 Å². The molecular weight excluding hydrogens is 428 g/mol. The van der Waals surface area contributed by atoms with E-state index in [1.807, 2.05) is 13.8 Å². The van der Waals surface area contributed by atoms with E-state index in [-0.39, 0.29) is 24.3 Å². The average Bonchev–Trinajstić information content (AvgIpc) is 3.57. The van der Waals surface area contributed by atoms with Gasteiger partial charge < -0.3 is 30.9 Å². The number of likely N-dealkylation sites (tertiary alicyclic amines) is 1. The van der Waals surface area contributed by atoms with Crippen LogP contribution in [0.25, 0.3) is 0 Å². The van der Waals surface area contributed by atoms with Crippen molar-refractivity contribution < 1.29 is 24.3 Å². The van der Waals surface area contributed by atoms with E-state index >= 15 is 0 Å². The van der Waals surface area contributed by atoms with Crippen LogP contribution in [0.2, 0.25) is 0 Å². The summed E-state index contributed by atoms with van der Waals surface area (Å²) in [5, 5.41) is 18.3. The summed E-state index contributed by atoms with van der Waals surface area (Å²) in [6, 6.07) is -3.02. The molecule has 0 radical (unpaired) electrons. The third kappa shape index (κ3) is 6.10. The second kappa shape index (κ2) is 11.3. The number of aromatic nitrogens is 2. The number of carbonyl (C=O) groups excluding carboxylic acids is 3. The van der Waals surface area contributed by atoms with Gasteiger partial charge in [0.25, 0.3) is 0 Å². The summed E-state index contributed by atoms with van der Waals surface area (Å²) < 4.78 is 0. The number of amides is 3. The molecule has 33 heavy (non-hydrogen) atoms. The van der Waals surface area contributed by atoms with Crippen molar-refractivity contribution >= 4 is 23.7 Å². The fourth-order valence-electron chi connectivity index (χ4n) is 4.43. The maximum Gasteiger partial charge on any atom is 0.326 e. The molecule has 0 spiro atoms. The minimum atomic E-state index is -1.05. The van der Waals surface area contributed by atoms with Crippen LogP contribution in [0.4, 0.5) is 0 Å². The van der Waals surface area contributed by atoms with E-state index in [1.54, 1.807) is 6.20 Å². The molecule has 3 rings (SSSR count). The predicted octanol–water partition coefficient (Wildman–Crippen LogP) is -0.204. The Morgan fingerprint density at radius 1 is 1.24 bits per heavy atom. The topological polar surface area (TPSA) is 157 Å². The highest BCUT2D eigenvalue weighted by Gasteiger charge is 2.39. The lowest BCUT2D eigenvalue weighted by Crippen LogP contribution is -2.59. The molecule has 3 heterocycles. The van der Waals surface area contributed by atoms with Gasteiger partial charge in [-0.05, 0) is 38.1 Å². The van der Waals surface area contributed by atoms with Gasteiger partial charge in [-0.3, -0.25) is 14.4 Å². The maximum atomic E-state index is 13.3. The van der Waals surface area contributed by atoms with E-state index in [0.717, 1.165) is 13.0 Å². The first-order chi connectivity index (χ1) is 15.8. The standard InChI is InChI=1S/C22H34N6O5/c1-3-13(2)18(27-19(29)15-6-4-8-24-15)20(30)26-16(10-14-11-23-12-25-14)21(31)28-9-5-7-17(28)22(32)33/h11-13,15-18,24H,3-10H2,1-2H3,(H,23,25)(H,26,30)(H,27,29)(H,32,33). The van der Waals surface area contributed by atoms with Crippen LogP contribution in [0.5, 0.6) is 0 Å². The fraction of sp³-hybridized carbons (Fsp3) is 0.682. The molecule has 5 unspecified atom stereocenters. The van der Waals surface area contributed by atoms with Gasteiger partial charge in [-0.25, -0.2) is 9.78 Å². The number of H-pyrrole nitrogens is 1. The molecule has 2 aliphatic rings. The Kier molecular flexibility index (Phi) is 8.43. The zero-order chi connectivity index (χ0) is 24.0. The monoisotopic (exact) mass is 462 g/mol. The van der Waals surface area contributed by atoms with Crippen molar-refractivity contribution in [3.63, 3.8) is 0 Å². The van der Waals surface area contributed by atoms with E-state index in [2.05, 4.69) is 25.9 Å². The summed E-state index contributed by atoms with van der Waals surface area (Å²) in [7, 11) is 0. The van der Waals surface area contributed by atoms with Crippen LogP contribution in [0, 0.1) is 5.92 Å². The van der Waals surface area contributed by atoms with E-state index in [9.17, 15) is 24.3 Å². The van der Waals surface area contributed by atoms with Crippen molar-refractivity contribution in [2.75, 3.05) is 13.1 Å². The lowest BCUT2D eigenvalue weighted by atomic mass is 9.97. The van der Waals surface area contributed by atoms with Gasteiger partial charge in [0.05, 0.1) is 12.4 Å². The summed E-state index contributed by atoms with van der Waals surface area (Å²) in [4.78, 5) is 59.1. The van der Waals surface area contributed by atoms with E-state index < -0.39 is 35.9 Å². The third-order valence-corrected chi connectivity index (χ3v) is 6.58. The quantitative estimate of drug-likeness (QED) is 0.322. The molecule has 0 bridgehead atoms. The number of hydrogen-bond donors (Lipinski definition) is 5. The lowest BCUT2D eigenvalue weighted by Gasteiger charge is -2.30. The van der Waals surface area contributed by atoms with Crippen molar-refractivity contribution in [2.24, 2.45) is 5.92 Å². The molecule has 2 aliphatic heterocycles. The summed E-state index contributed by atoms with van der Waals surface area (Å²) in [5.74, 6) is -2.35. The highest BCUT2D eigenvalue weighted by Crippen LogP contribution is 2.20. The lowest BCUT2D eigenvalue weighted by molar-refractivity contribution is -0.149. The molecule has 2 saturated heterocycles. The Morgan fingerprint density at radius 2 is 2.03 bits per heavy atom. The zero-order valence-electron chi connectivity index (χ0n) is 19.2. The maximum absolute atomic E-state index is 13.3. The van der Waals surface area contributed by atoms with Crippen LogP contribution >= 0.6 is 0 Å². The van der Waals surface area contributed by atoms with Crippen molar-refractivity contribution in [3.8, 4) is 0 Å². The minimum absolute atomic E-state index is 0.138. The van der Waals surface area contributed by atoms with Gasteiger partial charge in [-0.1, -0.05) is 20.3 Å². The van der Waals surface area contributed by atoms with Crippen LogP contribution in [0.15, 0.2) is 12.5 Å². The SMILES string of the molecule is CCC(C)C(NC(=O)C1CCCN1)C(=O)NC(Cc1cnc[nH]1)C(=O)N1CCCC1C(=O)O. The number of carbonyl (C=O) groups is 4. The number of nitrogens with one attached hydrogen (secondary N) is 4. The van der Waals surface area contributed by atoms with Crippen molar-refractivity contribution in [2.45, 2.75) is 76.5 Å². The summed E-state index contributed by atoms with van der Waals surface area (Å²) in [5.41, 5.74) is 0.638. The number of aliphatic carboxylic acids is 1. The van der Waals surface area contributed by atoms with Gasteiger partial charge >= 0.3 is 5.97 Å². The molecule has 5 atom stereocenters. The Hall–Kier alpha value is -2.95. The van der Waals surface area contributed by atoms with Gasteiger partial charge in [0, 0.05) is 24.9 Å². The number of nitrogens with zero attached hydrogens (tertiary/aromatic N) is 2. The number of aromatic amines is 1. The third-order valence-electron chi connectivity index (χ3n) is 6.58. The van der Waals surface area contributed by atoms with Crippen LogP contribution in [0.3, 0.4) is 0 Å². The van der Waals surface area contributed by atoms with Crippen molar-refractivity contribution in [1.82, 2.24) is 30.8 Å². The Balaban J connectivity index is 1.77. The number of hydrogen-bond acceptors (Lipinski definition) is 6. The Morgan fingerprint density at radius 3 is 2.64 bits per heavy atom. The highest BCUT2D eigenvalue weighted by atomic mass is 16.4. The van der Waals surface area contributed by atoms with Crippen molar-refractivity contribution in [3.05, 3.63) is 18.2 Å². The molecule has 5 N–H and O–H groups in total. The van der Waals surface area contributed by atoms with Gasteiger partial charge in [0.1, 0.15) is 18.1 Å². The van der Waals surface area contributed by atoms with Crippen molar-refractivity contribution in [1.29, 1.82) is 0 Å². The van der Waals surface area contributed by atoms with Crippen LogP contribution < -0.4 is 16.0 Å². The molecule has 2 fully saturated rings. The summed E-state index contributed by atoms with van der Waals surface area (Å²) in [6.45, 7) is 4.89. The van der Waals surface area contributed by atoms with E-state index in [4.69, 9.17) is 0 Å². The number of carboxylic acids is 1. The molecule has 1 aromatic heterocycles. The minimum Gasteiger partial charge on any atom is -0.480 e. The number of imidazole rings is 1. The van der Waals surface area contributed by atoms with Gasteiger partial charge in [0.2, 0.25) is 17.7 Å². The predicted molar refractivity (Wildman–Crippen MR) is 119 cm³/mol. The molecule has 0 saturated carbocycles. The van der Waals surface area contributed by atoms with Gasteiger partial charge in [0.15, 0.2) is 0 Å². The largest absolute Gasteiger partial charge is 0.480 e. The first-order valence-corrected chi connectivity index (χ1v) is 11.7. The zero-order valence-corrected chi connectivity index (χ0v) is 19.2. The fourth-order valence-corrected chi connectivity index (χ4v) is 4.43. The van der Waals surface area contributed by atoms with Crippen LogP contribution in [-0.2, 0) is 25.6 Å². The summed E-state index contributed by atoms with van der Waals surface area (Å²) >= 11 is 0. The second-order valence-corrected chi connectivity index (χ2v) is 8.89. The molecule has 0 aromatic carbocycles. The molecule has 182 valence electrons. The normalized spacial score (nSPS) is 23.0. The Labute approximate surface area is 193 Å². The molecule has 1 aromatic rings. The van der Waals surface area contributed by atoms with Gasteiger partial charge in [-0.2, -0.15) is 0 Å². The molecule has 11 nitrogen and oxygen atoms in total. The number of carboxylic acid groups (broad SMARTS) is 1. The second-order valence-electron chi connectivity index (χ2n) is 8.89. The number of rotatable bonds is 10. The Bertz CT molecular complexity index is 838. The highest BCUT2D eigenvalue weighted by molar-refractivity contribution is 5.94. The first-order valence-electron chi connectivity index (χ1n) is 11.7. The molecule has 0 aliphatic carbocycles. The molecule has 11 heteroatoms. The molecular formula is C22H34N6O5.